The Morgan fingerprint density at radius 3 is 2.74 bits per heavy atom. The number of hydrogen-bond donors (Lipinski definition) is 0. The minimum Gasteiger partial charge on any atom is -0.474 e. The largest absolute Gasteiger partial charge is 0.474 e. The number of rotatable bonds is 3. The van der Waals surface area contributed by atoms with Crippen LogP contribution in [0.3, 0.4) is 0 Å². The molecule has 0 N–H and O–H groups in total. The van der Waals surface area contributed by atoms with E-state index < -0.39 is 0 Å². The van der Waals surface area contributed by atoms with Crippen molar-refractivity contribution in [3.05, 3.63) is 48.2 Å². The van der Waals surface area contributed by atoms with E-state index in [0.29, 0.717) is 25.6 Å². The van der Waals surface area contributed by atoms with Crippen molar-refractivity contribution in [1.82, 2.24) is 19.9 Å². The number of carbonyl (C=O) groups excluding carboxylic acids is 1. The van der Waals surface area contributed by atoms with Crippen LogP contribution in [-0.4, -0.2) is 57.2 Å². The smallest absolute Gasteiger partial charge is 0.291 e. The van der Waals surface area contributed by atoms with Crippen molar-refractivity contribution in [2.24, 2.45) is 0 Å². The average molecular weight is 368 g/mol. The molecule has 0 aliphatic carbocycles. The molecular weight excluding hydrogens is 344 g/mol. The summed E-state index contributed by atoms with van der Waals surface area (Å²) in [6.45, 7) is 3.92. The first-order valence-corrected chi connectivity index (χ1v) is 9.44. The first-order chi connectivity index (χ1) is 13.1. The molecule has 2 aliphatic heterocycles. The van der Waals surface area contributed by atoms with Gasteiger partial charge in [0, 0.05) is 50.1 Å². The molecule has 2 aromatic heterocycles. The minimum atomic E-state index is -0.221. The zero-order chi connectivity index (χ0) is 18.7. The van der Waals surface area contributed by atoms with Crippen molar-refractivity contribution in [2.45, 2.75) is 44.3 Å². The predicted octanol–water partition coefficient (Wildman–Crippen LogP) is 2.41. The van der Waals surface area contributed by atoms with Crippen LogP contribution in [0.15, 0.2) is 36.7 Å². The van der Waals surface area contributed by atoms with Crippen molar-refractivity contribution >= 4 is 5.91 Å². The highest BCUT2D eigenvalue weighted by molar-refractivity contribution is 5.90. The van der Waals surface area contributed by atoms with Crippen molar-refractivity contribution in [1.29, 1.82) is 0 Å². The van der Waals surface area contributed by atoms with E-state index in [2.05, 4.69) is 15.0 Å². The highest BCUT2D eigenvalue weighted by Gasteiger charge is 2.42. The van der Waals surface area contributed by atoms with Gasteiger partial charge in [0.05, 0.1) is 12.2 Å². The quantitative estimate of drug-likeness (QED) is 0.828. The molecular formula is C20H24N4O3. The number of nitrogens with zero attached hydrogens (tertiary/aromatic N) is 4. The van der Waals surface area contributed by atoms with Crippen molar-refractivity contribution in [2.75, 3.05) is 19.7 Å². The molecule has 0 radical (unpaired) electrons. The second-order valence-electron chi connectivity index (χ2n) is 7.25. The number of carbonyl (C=O) groups is 1. The molecule has 2 aliphatic rings. The van der Waals surface area contributed by atoms with Crippen LogP contribution in [0, 0.1) is 6.92 Å². The summed E-state index contributed by atoms with van der Waals surface area (Å²) in [5.41, 5.74) is 0.727. The molecule has 142 valence electrons. The normalized spacial score (nSPS) is 21.8. The molecule has 27 heavy (non-hydrogen) atoms. The third kappa shape index (κ3) is 4.08. The lowest BCUT2D eigenvalue weighted by atomic mass is 9.83. The number of hydrogen-bond acceptors (Lipinski definition) is 6. The van der Waals surface area contributed by atoms with E-state index in [4.69, 9.17) is 9.47 Å². The molecule has 4 rings (SSSR count). The number of aryl methyl sites for hydroxylation is 1. The molecule has 7 heteroatoms. The summed E-state index contributed by atoms with van der Waals surface area (Å²) in [4.78, 5) is 26.9. The highest BCUT2D eigenvalue weighted by atomic mass is 16.5. The van der Waals surface area contributed by atoms with Gasteiger partial charge in [0.2, 0.25) is 11.7 Å². The monoisotopic (exact) mass is 368 g/mol. The fourth-order valence-corrected chi connectivity index (χ4v) is 3.85. The topological polar surface area (TPSA) is 77.4 Å². The number of amides is 1. The lowest BCUT2D eigenvalue weighted by Crippen LogP contribution is -2.52. The Kier molecular flexibility index (Phi) is 5.03. The Labute approximate surface area is 158 Å². The molecule has 2 fully saturated rings. The molecule has 1 unspecified atom stereocenters. The molecule has 4 heterocycles. The molecule has 1 amide bonds. The Balaban J connectivity index is 1.36. The second kappa shape index (κ2) is 7.60. The third-order valence-electron chi connectivity index (χ3n) is 5.32. The van der Waals surface area contributed by atoms with Crippen LogP contribution in [0.1, 0.15) is 42.0 Å². The predicted molar refractivity (Wildman–Crippen MR) is 98.5 cm³/mol. The zero-order valence-electron chi connectivity index (χ0n) is 15.5. The molecule has 0 saturated carbocycles. The van der Waals surface area contributed by atoms with Crippen molar-refractivity contribution < 1.29 is 14.3 Å². The Morgan fingerprint density at radius 2 is 2.00 bits per heavy atom. The lowest BCUT2D eigenvalue weighted by Gasteiger charge is -2.45. The van der Waals surface area contributed by atoms with Gasteiger partial charge in [-0.2, -0.15) is 0 Å². The van der Waals surface area contributed by atoms with Crippen LogP contribution in [0.5, 0.6) is 5.88 Å². The third-order valence-corrected chi connectivity index (χ3v) is 5.32. The van der Waals surface area contributed by atoms with Gasteiger partial charge in [-0.15, -0.1) is 0 Å². The Bertz CT molecular complexity index is 791. The SMILES string of the molecule is Cc1cccc(OC2CCOC3(CCN(C(=O)c4ncccn4)CC3)C2)n1. The molecule has 2 saturated heterocycles. The first kappa shape index (κ1) is 17.9. The standard InChI is InChI=1S/C20H24N4O3/c1-15-4-2-5-17(23-15)27-16-6-13-26-20(14-16)7-11-24(12-8-20)19(25)18-21-9-3-10-22-18/h2-5,9-10,16H,6-8,11-14H2,1H3. The summed E-state index contributed by atoms with van der Waals surface area (Å²) in [7, 11) is 0. The first-order valence-electron chi connectivity index (χ1n) is 9.44. The molecule has 0 aromatic carbocycles. The molecule has 1 spiro atoms. The van der Waals surface area contributed by atoms with Crippen LogP contribution in [0.4, 0.5) is 0 Å². The van der Waals surface area contributed by atoms with E-state index in [1.54, 1.807) is 18.5 Å². The number of pyridine rings is 1. The second-order valence-corrected chi connectivity index (χ2v) is 7.25. The van der Waals surface area contributed by atoms with Crippen LogP contribution < -0.4 is 4.74 Å². The summed E-state index contributed by atoms with van der Waals surface area (Å²) in [6.07, 6.45) is 6.56. The number of aromatic nitrogens is 3. The Hall–Kier alpha value is -2.54. The van der Waals surface area contributed by atoms with Crippen LogP contribution >= 0.6 is 0 Å². The maximum atomic E-state index is 12.5. The van der Waals surface area contributed by atoms with Gasteiger partial charge in [-0.25, -0.2) is 15.0 Å². The molecule has 0 bridgehead atoms. The van der Waals surface area contributed by atoms with Gasteiger partial charge in [0.25, 0.3) is 5.91 Å². The van der Waals surface area contributed by atoms with Crippen molar-refractivity contribution in [3.63, 3.8) is 0 Å². The van der Waals surface area contributed by atoms with Gasteiger partial charge >= 0.3 is 0 Å². The van der Waals surface area contributed by atoms with E-state index in [1.807, 2.05) is 30.0 Å². The molecule has 1 atom stereocenters. The van der Waals surface area contributed by atoms with E-state index in [-0.39, 0.29) is 23.4 Å². The highest BCUT2D eigenvalue weighted by Crippen LogP contribution is 2.36. The molecule has 2 aromatic rings. The fraction of sp³-hybridized carbons (Fsp3) is 0.500. The number of ether oxygens (including phenoxy) is 2. The van der Waals surface area contributed by atoms with Gasteiger partial charge in [0.1, 0.15) is 6.10 Å². The lowest BCUT2D eigenvalue weighted by molar-refractivity contribution is -0.135. The van der Waals surface area contributed by atoms with E-state index in [9.17, 15) is 4.79 Å². The van der Waals surface area contributed by atoms with E-state index >= 15 is 0 Å². The van der Waals surface area contributed by atoms with Crippen LogP contribution in [0.2, 0.25) is 0 Å². The summed E-state index contributed by atoms with van der Waals surface area (Å²) in [5, 5.41) is 0. The van der Waals surface area contributed by atoms with Gasteiger partial charge in [-0.1, -0.05) is 6.07 Å². The summed E-state index contributed by atoms with van der Waals surface area (Å²) in [5.74, 6) is 0.814. The van der Waals surface area contributed by atoms with E-state index in [1.165, 1.54) is 0 Å². The van der Waals surface area contributed by atoms with Crippen LogP contribution in [-0.2, 0) is 4.74 Å². The van der Waals surface area contributed by atoms with Gasteiger partial charge < -0.3 is 14.4 Å². The fourth-order valence-electron chi connectivity index (χ4n) is 3.85. The number of likely N-dealkylation sites (tertiary alicyclic amines) is 1. The van der Waals surface area contributed by atoms with Crippen LogP contribution in [0.25, 0.3) is 0 Å². The summed E-state index contributed by atoms with van der Waals surface area (Å²) in [6, 6.07) is 7.53. The summed E-state index contributed by atoms with van der Waals surface area (Å²) >= 11 is 0. The van der Waals surface area contributed by atoms with Crippen molar-refractivity contribution in [3.8, 4) is 5.88 Å². The minimum absolute atomic E-state index is 0.0905. The van der Waals surface area contributed by atoms with Gasteiger partial charge in [0.15, 0.2) is 0 Å². The maximum absolute atomic E-state index is 12.5. The summed E-state index contributed by atoms with van der Waals surface area (Å²) < 4.78 is 12.3. The zero-order valence-corrected chi connectivity index (χ0v) is 15.5. The Morgan fingerprint density at radius 1 is 1.22 bits per heavy atom. The number of piperidine rings is 1. The van der Waals surface area contributed by atoms with Gasteiger partial charge in [-0.05, 0) is 31.9 Å². The average Bonchev–Trinajstić information content (AvgIpc) is 2.69. The van der Waals surface area contributed by atoms with Gasteiger partial charge in [-0.3, -0.25) is 4.79 Å². The molecule has 7 nitrogen and oxygen atoms in total. The van der Waals surface area contributed by atoms with E-state index in [0.717, 1.165) is 31.4 Å². The maximum Gasteiger partial charge on any atom is 0.291 e.